The number of aromatic nitrogens is 3. The second kappa shape index (κ2) is 8.29. The number of guanidine groups is 1. The second-order valence-electron chi connectivity index (χ2n) is 5.98. The lowest BCUT2D eigenvalue weighted by Crippen LogP contribution is -2.24. The van der Waals surface area contributed by atoms with Crippen molar-refractivity contribution in [1.29, 1.82) is 0 Å². The zero-order chi connectivity index (χ0) is 18.4. The Morgan fingerprint density at radius 1 is 1.15 bits per heavy atom. The van der Waals surface area contributed by atoms with Gasteiger partial charge in [-0.15, -0.1) is 0 Å². The molecule has 0 spiro atoms. The van der Waals surface area contributed by atoms with E-state index in [0.717, 1.165) is 29.9 Å². The summed E-state index contributed by atoms with van der Waals surface area (Å²) in [5.74, 6) is 1.24. The number of nitrogens with zero attached hydrogens (tertiary/aromatic N) is 4. The Morgan fingerprint density at radius 2 is 1.92 bits per heavy atom. The van der Waals surface area contributed by atoms with Gasteiger partial charge >= 0.3 is 0 Å². The van der Waals surface area contributed by atoms with Gasteiger partial charge in [-0.05, 0) is 35.6 Å². The molecule has 0 unspecified atom stereocenters. The number of benzene rings is 1. The van der Waals surface area contributed by atoms with Gasteiger partial charge in [-0.25, -0.2) is 15.0 Å². The van der Waals surface area contributed by atoms with Crippen molar-refractivity contribution >= 4 is 11.6 Å². The second-order valence-corrected chi connectivity index (χ2v) is 5.98. The molecule has 0 amide bonds. The molecule has 26 heavy (non-hydrogen) atoms. The number of anilines is 1. The molecule has 1 aromatic carbocycles. The van der Waals surface area contributed by atoms with Crippen molar-refractivity contribution in [3.05, 3.63) is 71.9 Å². The van der Waals surface area contributed by atoms with E-state index >= 15 is 0 Å². The molecule has 0 aliphatic heterocycles. The van der Waals surface area contributed by atoms with E-state index in [2.05, 4.69) is 52.3 Å². The lowest BCUT2D eigenvalue weighted by atomic mass is 10.0. The average molecular weight is 348 g/mol. The maximum atomic E-state index is 6.11. The van der Waals surface area contributed by atoms with Crippen LogP contribution < -0.4 is 11.1 Å². The zero-order valence-corrected chi connectivity index (χ0v) is 15.2. The van der Waals surface area contributed by atoms with E-state index in [4.69, 9.17) is 5.73 Å². The summed E-state index contributed by atoms with van der Waals surface area (Å²) in [6.07, 6.45) is 9.01. The molecule has 0 fully saturated rings. The molecule has 0 radical (unpaired) electrons. The van der Waals surface area contributed by atoms with Crippen LogP contribution in [0.15, 0.2) is 60.2 Å². The third-order valence-corrected chi connectivity index (χ3v) is 4.26. The highest BCUT2D eigenvalue weighted by molar-refractivity contribution is 5.93. The first-order valence-electron chi connectivity index (χ1n) is 8.82. The van der Waals surface area contributed by atoms with Crippen LogP contribution in [-0.4, -0.2) is 20.5 Å². The quantitative estimate of drug-likeness (QED) is 0.529. The van der Waals surface area contributed by atoms with E-state index < -0.39 is 0 Å². The Balaban J connectivity index is 1.69. The molecule has 0 aliphatic carbocycles. The number of imidazole rings is 1. The van der Waals surface area contributed by atoms with Gasteiger partial charge in [-0.3, -0.25) is 4.57 Å². The first kappa shape index (κ1) is 17.7. The van der Waals surface area contributed by atoms with E-state index in [-0.39, 0.29) is 0 Å². The first-order valence-corrected chi connectivity index (χ1v) is 8.82. The highest BCUT2D eigenvalue weighted by Crippen LogP contribution is 2.22. The van der Waals surface area contributed by atoms with Crippen molar-refractivity contribution in [2.45, 2.75) is 33.2 Å². The highest BCUT2D eigenvalue weighted by Gasteiger charge is 2.07. The van der Waals surface area contributed by atoms with E-state index in [9.17, 15) is 0 Å². The molecule has 6 heteroatoms. The topological polar surface area (TPSA) is 81.1 Å². The highest BCUT2D eigenvalue weighted by atomic mass is 15.1. The summed E-state index contributed by atoms with van der Waals surface area (Å²) >= 11 is 0. The van der Waals surface area contributed by atoms with Crippen molar-refractivity contribution in [2.24, 2.45) is 10.7 Å². The fraction of sp³-hybridized carbons (Fsp3) is 0.250. The minimum absolute atomic E-state index is 0.416. The number of nitrogens with one attached hydrogen (secondary N) is 1. The molecule has 2 heterocycles. The van der Waals surface area contributed by atoms with Crippen molar-refractivity contribution in [3.63, 3.8) is 0 Å². The normalized spacial score (nSPS) is 11.5. The zero-order valence-electron chi connectivity index (χ0n) is 15.2. The molecule has 0 bridgehead atoms. The average Bonchev–Trinajstić information content (AvgIpc) is 3.21. The number of hydrogen-bond donors (Lipinski definition) is 2. The van der Waals surface area contributed by atoms with Gasteiger partial charge in [0.2, 0.25) is 0 Å². The molecule has 0 saturated carbocycles. The van der Waals surface area contributed by atoms with Crippen molar-refractivity contribution in [1.82, 2.24) is 14.5 Å². The fourth-order valence-electron chi connectivity index (χ4n) is 2.80. The Bertz CT molecular complexity index is 844. The van der Waals surface area contributed by atoms with Gasteiger partial charge in [0.15, 0.2) is 5.96 Å². The summed E-state index contributed by atoms with van der Waals surface area (Å²) in [6.45, 7) is 4.76. The summed E-state index contributed by atoms with van der Waals surface area (Å²) < 4.78 is 1.86. The minimum atomic E-state index is 0.416. The number of aryl methyl sites for hydroxylation is 2. The maximum Gasteiger partial charge on any atom is 0.193 e. The van der Waals surface area contributed by atoms with Crippen LogP contribution in [0, 0.1) is 0 Å². The lowest BCUT2D eigenvalue weighted by Gasteiger charge is -2.14. The van der Waals surface area contributed by atoms with Crippen LogP contribution in [0.2, 0.25) is 0 Å². The number of hydrogen-bond acceptors (Lipinski definition) is 3. The summed E-state index contributed by atoms with van der Waals surface area (Å²) in [5, 5.41) is 3.28. The van der Waals surface area contributed by atoms with Crippen LogP contribution in [0.25, 0.3) is 5.82 Å². The van der Waals surface area contributed by atoms with E-state index in [0.29, 0.717) is 12.5 Å². The van der Waals surface area contributed by atoms with Gasteiger partial charge < -0.3 is 11.1 Å². The third-order valence-electron chi connectivity index (χ3n) is 4.26. The predicted octanol–water partition coefficient (Wildman–Crippen LogP) is 3.32. The van der Waals surface area contributed by atoms with Gasteiger partial charge in [0.05, 0.1) is 6.54 Å². The minimum Gasteiger partial charge on any atom is -0.370 e. The van der Waals surface area contributed by atoms with E-state index in [1.54, 1.807) is 12.5 Å². The standard InChI is InChI=1S/C20H24N6/c1-3-16-6-5-7-17(4-2)19(16)25-20(21)24-13-15-8-9-18(23-12-15)26-11-10-22-14-26/h5-12,14H,3-4,13H2,1-2H3,(H3,21,24,25). The van der Waals surface area contributed by atoms with Crippen molar-refractivity contribution in [3.8, 4) is 5.82 Å². The van der Waals surface area contributed by atoms with Crippen LogP contribution in [0.1, 0.15) is 30.5 Å². The molecule has 3 N–H and O–H groups in total. The van der Waals surface area contributed by atoms with Gasteiger partial charge in [-0.2, -0.15) is 0 Å². The Kier molecular flexibility index (Phi) is 5.63. The monoisotopic (exact) mass is 348 g/mol. The number of rotatable bonds is 6. The molecule has 3 aromatic rings. The molecule has 134 valence electrons. The fourth-order valence-corrected chi connectivity index (χ4v) is 2.80. The van der Waals surface area contributed by atoms with Gasteiger partial charge in [-0.1, -0.05) is 38.1 Å². The number of para-hydroxylation sites is 1. The Hall–Kier alpha value is -3.15. The van der Waals surface area contributed by atoms with Crippen molar-refractivity contribution in [2.75, 3.05) is 5.32 Å². The molecule has 0 atom stereocenters. The first-order chi connectivity index (χ1) is 12.7. The predicted molar refractivity (Wildman–Crippen MR) is 106 cm³/mol. The smallest absolute Gasteiger partial charge is 0.193 e. The van der Waals surface area contributed by atoms with E-state index in [1.165, 1.54) is 11.1 Å². The summed E-state index contributed by atoms with van der Waals surface area (Å²) in [6, 6.07) is 10.3. The molecule has 2 aromatic heterocycles. The molecule has 6 nitrogen and oxygen atoms in total. The summed E-state index contributed by atoms with van der Waals surface area (Å²) in [7, 11) is 0. The molecule has 3 rings (SSSR count). The number of pyridine rings is 1. The van der Waals surface area contributed by atoms with Crippen LogP contribution >= 0.6 is 0 Å². The summed E-state index contributed by atoms with van der Waals surface area (Å²) in [4.78, 5) is 12.9. The molecular weight excluding hydrogens is 324 g/mol. The maximum absolute atomic E-state index is 6.11. The third kappa shape index (κ3) is 4.08. The van der Waals surface area contributed by atoms with Crippen LogP contribution in [0.3, 0.4) is 0 Å². The Morgan fingerprint density at radius 3 is 2.50 bits per heavy atom. The Labute approximate surface area is 153 Å². The number of aliphatic imine (C=N–C) groups is 1. The number of nitrogens with two attached hydrogens (primary N) is 1. The van der Waals surface area contributed by atoms with Crippen LogP contribution in [0.5, 0.6) is 0 Å². The molecular formula is C20H24N6. The van der Waals surface area contributed by atoms with Gasteiger partial charge in [0.25, 0.3) is 0 Å². The van der Waals surface area contributed by atoms with Gasteiger partial charge in [0.1, 0.15) is 12.1 Å². The largest absolute Gasteiger partial charge is 0.370 e. The molecule has 0 aliphatic rings. The van der Waals surface area contributed by atoms with Gasteiger partial charge in [0, 0.05) is 24.3 Å². The van der Waals surface area contributed by atoms with Crippen LogP contribution in [0.4, 0.5) is 5.69 Å². The lowest BCUT2D eigenvalue weighted by molar-refractivity contribution is 0.967. The van der Waals surface area contributed by atoms with E-state index in [1.807, 2.05) is 29.1 Å². The molecule has 0 saturated heterocycles. The van der Waals surface area contributed by atoms with Crippen molar-refractivity contribution < 1.29 is 0 Å². The summed E-state index contributed by atoms with van der Waals surface area (Å²) in [5.41, 5.74) is 10.7. The SMILES string of the molecule is CCc1cccc(CC)c1NC(N)=NCc1ccc(-n2ccnc2)nc1. The van der Waals surface area contributed by atoms with Crippen LogP contribution in [-0.2, 0) is 19.4 Å².